The van der Waals surface area contributed by atoms with Crippen molar-refractivity contribution in [3.8, 4) is 0 Å². The summed E-state index contributed by atoms with van der Waals surface area (Å²) in [5.41, 5.74) is 1.39. The Morgan fingerprint density at radius 2 is 1.91 bits per heavy atom. The summed E-state index contributed by atoms with van der Waals surface area (Å²) in [6, 6.07) is 13.7. The number of non-ortho nitro benzene ring substituents is 1. The Bertz CT molecular complexity index is 887. The summed E-state index contributed by atoms with van der Waals surface area (Å²) in [4.78, 5) is 22.8. The Morgan fingerprint density at radius 1 is 1.17 bits per heavy atom. The van der Waals surface area contributed by atoms with Crippen molar-refractivity contribution in [3.63, 3.8) is 0 Å². The van der Waals surface area contributed by atoms with Gasteiger partial charge in [0.1, 0.15) is 6.54 Å². The van der Waals surface area contributed by atoms with E-state index in [0.29, 0.717) is 16.6 Å². The molecule has 0 unspecified atom stereocenters. The highest BCUT2D eigenvalue weighted by molar-refractivity contribution is 9.10. The fourth-order valence-electron chi connectivity index (χ4n) is 2.39. The summed E-state index contributed by atoms with van der Waals surface area (Å²) in [7, 11) is 0. The quantitative estimate of drug-likeness (QED) is 0.555. The van der Waals surface area contributed by atoms with E-state index in [1.54, 1.807) is 41.1 Å². The minimum Gasteiger partial charge on any atom is -0.338 e. The van der Waals surface area contributed by atoms with Crippen LogP contribution in [-0.4, -0.2) is 15.4 Å². The van der Waals surface area contributed by atoms with Crippen LogP contribution in [0.25, 0.3) is 10.9 Å². The van der Waals surface area contributed by atoms with Crippen LogP contribution in [0.1, 0.15) is 0 Å². The molecule has 7 heteroatoms. The van der Waals surface area contributed by atoms with Crippen molar-refractivity contribution in [2.24, 2.45) is 0 Å². The molecule has 0 spiro atoms. The summed E-state index contributed by atoms with van der Waals surface area (Å²) < 4.78 is 2.62. The zero-order valence-electron chi connectivity index (χ0n) is 11.9. The van der Waals surface area contributed by atoms with Crippen LogP contribution in [0.5, 0.6) is 0 Å². The van der Waals surface area contributed by atoms with Crippen molar-refractivity contribution in [2.45, 2.75) is 6.54 Å². The van der Waals surface area contributed by atoms with Crippen molar-refractivity contribution >= 4 is 44.1 Å². The van der Waals surface area contributed by atoms with Gasteiger partial charge in [-0.2, -0.15) is 0 Å². The molecule has 1 heterocycles. The number of nitrogens with one attached hydrogen (secondary N) is 1. The number of carbonyl (C=O) groups is 1. The van der Waals surface area contributed by atoms with E-state index in [0.717, 1.165) is 4.47 Å². The number of hydrogen-bond acceptors (Lipinski definition) is 3. The standard InChI is InChI=1S/C16H12BrN3O3/c17-11-4-6-12(7-5-11)18-16(21)10-19-9-8-13-14(19)2-1-3-15(13)20(22)23/h1-9H,10H2,(H,18,21). The minimum absolute atomic E-state index is 0.0366. The lowest BCUT2D eigenvalue weighted by Gasteiger charge is -2.07. The van der Waals surface area contributed by atoms with Crippen LogP contribution in [0, 0.1) is 10.1 Å². The summed E-state index contributed by atoms with van der Waals surface area (Å²) in [6.45, 7) is 0.0841. The first-order valence-corrected chi connectivity index (χ1v) is 7.61. The number of nitro groups is 1. The monoisotopic (exact) mass is 373 g/mol. The molecule has 1 amide bonds. The Morgan fingerprint density at radius 3 is 2.61 bits per heavy atom. The van der Waals surface area contributed by atoms with Crippen molar-refractivity contribution in [2.75, 3.05) is 5.32 Å². The molecule has 3 rings (SSSR count). The highest BCUT2D eigenvalue weighted by Gasteiger charge is 2.14. The molecule has 3 aromatic rings. The van der Waals surface area contributed by atoms with E-state index in [9.17, 15) is 14.9 Å². The largest absolute Gasteiger partial charge is 0.338 e. The molecule has 0 atom stereocenters. The molecule has 6 nitrogen and oxygen atoms in total. The highest BCUT2D eigenvalue weighted by atomic mass is 79.9. The molecule has 0 aliphatic heterocycles. The van der Waals surface area contributed by atoms with Crippen LogP contribution >= 0.6 is 15.9 Å². The van der Waals surface area contributed by atoms with Gasteiger partial charge in [0.15, 0.2) is 0 Å². The first-order valence-electron chi connectivity index (χ1n) is 6.82. The maximum atomic E-state index is 12.1. The molecule has 0 fully saturated rings. The molecule has 0 saturated heterocycles. The Labute approximate surface area is 140 Å². The van der Waals surface area contributed by atoms with E-state index >= 15 is 0 Å². The van der Waals surface area contributed by atoms with E-state index in [4.69, 9.17) is 0 Å². The number of rotatable bonds is 4. The van der Waals surface area contributed by atoms with Gasteiger partial charge in [-0.15, -0.1) is 0 Å². The third-order valence-electron chi connectivity index (χ3n) is 3.43. The number of nitrogens with zero attached hydrogens (tertiary/aromatic N) is 2. The average molecular weight is 374 g/mol. The molecular weight excluding hydrogens is 362 g/mol. The number of amides is 1. The summed E-state index contributed by atoms with van der Waals surface area (Å²) in [5.74, 6) is -0.198. The lowest BCUT2D eigenvalue weighted by atomic mass is 10.2. The topological polar surface area (TPSA) is 77.2 Å². The summed E-state index contributed by atoms with van der Waals surface area (Å²) >= 11 is 3.33. The maximum Gasteiger partial charge on any atom is 0.278 e. The fourth-order valence-corrected chi connectivity index (χ4v) is 2.66. The van der Waals surface area contributed by atoms with Gasteiger partial charge in [-0.3, -0.25) is 14.9 Å². The third-order valence-corrected chi connectivity index (χ3v) is 3.96. The number of hydrogen-bond donors (Lipinski definition) is 1. The van der Waals surface area contributed by atoms with Gasteiger partial charge in [0.05, 0.1) is 15.8 Å². The van der Waals surface area contributed by atoms with Gasteiger partial charge in [0.2, 0.25) is 5.91 Å². The van der Waals surface area contributed by atoms with Crippen LogP contribution in [0.4, 0.5) is 11.4 Å². The number of nitro benzene ring substituents is 1. The smallest absolute Gasteiger partial charge is 0.278 e. The zero-order chi connectivity index (χ0) is 16.4. The SMILES string of the molecule is O=C(Cn1ccc2c([N+](=O)[O-])cccc21)Nc1ccc(Br)cc1. The molecule has 116 valence electrons. The van der Waals surface area contributed by atoms with E-state index in [2.05, 4.69) is 21.2 Å². The Balaban J connectivity index is 1.81. The number of anilines is 1. The first-order chi connectivity index (χ1) is 11.0. The van der Waals surface area contributed by atoms with Gasteiger partial charge in [0.25, 0.3) is 5.69 Å². The maximum absolute atomic E-state index is 12.1. The van der Waals surface area contributed by atoms with Crippen LogP contribution in [0.2, 0.25) is 0 Å². The first kappa shape index (κ1) is 15.2. The molecule has 0 saturated carbocycles. The molecular formula is C16H12BrN3O3. The van der Waals surface area contributed by atoms with Gasteiger partial charge in [-0.05, 0) is 36.4 Å². The predicted octanol–water partition coefficient (Wildman–Crippen LogP) is 3.95. The minimum atomic E-state index is -0.422. The fraction of sp³-hybridized carbons (Fsp3) is 0.0625. The Hall–Kier alpha value is -2.67. The van der Waals surface area contributed by atoms with Crippen LogP contribution in [0.3, 0.4) is 0 Å². The molecule has 1 aromatic heterocycles. The van der Waals surface area contributed by atoms with Crippen molar-refractivity contribution in [3.05, 3.63) is 69.3 Å². The molecule has 0 bridgehead atoms. The number of carbonyl (C=O) groups excluding carboxylic acids is 1. The second-order valence-electron chi connectivity index (χ2n) is 4.97. The van der Waals surface area contributed by atoms with Gasteiger partial charge in [-0.1, -0.05) is 22.0 Å². The molecule has 2 aromatic carbocycles. The second kappa shape index (κ2) is 6.21. The zero-order valence-corrected chi connectivity index (χ0v) is 13.5. The van der Waals surface area contributed by atoms with E-state index in [1.165, 1.54) is 6.07 Å². The normalized spacial score (nSPS) is 10.7. The van der Waals surface area contributed by atoms with E-state index < -0.39 is 4.92 Å². The number of fused-ring (bicyclic) bond motifs is 1. The molecule has 0 aliphatic carbocycles. The number of halogens is 1. The van der Waals surface area contributed by atoms with Crippen molar-refractivity contribution in [1.29, 1.82) is 0 Å². The molecule has 1 N–H and O–H groups in total. The lowest BCUT2D eigenvalue weighted by Crippen LogP contribution is -2.18. The van der Waals surface area contributed by atoms with Gasteiger partial charge < -0.3 is 9.88 Å². The van der Waals surface area contributed by atoms with E-state index in [1.807, 2.05) is 12.1 Å². The second-order valence-corrected chi connectivity index (χ2v) is 5.88. The van der Waals surface area contributed by atoms with Crippen LogP contribution < -0.4 is 5.32 Å². The van der Waals surface area contributed by atoms with Gasteiger partial charge >= 0.3 is 0 Å². The van der Waals surface area contributed by atoms with E-state index in [-0.39, 0.29) is 18.1 Å². The molecule has 23 heavy (non-hydrogen) atoms. The van der Waals surface area contributed by atoms with Crippen molar-refractivity contribution < 1.29 is 9.72 Å². The highest BCUT2D eigenvalue weighted by Crippen LogP contribution is 2.26. The molecule has 0 radical (unpaired) electrons. The summed E-state index contributed by atoms with van der Waals surface area (Å²) in [5, 5.41) is 14.3. The third kappa shape index (κ3) is 3.24. The Kier molecular flexibility index (Phi) is 4.12. The van der Waals surface area contributed by atoms with Crippen LogP contribution in [0.15, 0.2) is 59.2 Å². The number of benzene rings is 2. The summed E-state index contributed by atoms with van der Waals surface area (Å²) in [6.07, 6.45) is 1.68. The lowest BCUT2D eigenvalue weighted by molar-refractivity contribution is -0.383. The predicted molar refractivity (Wildman–Crippen MR) is 91.4 cm³/mol. The van der Waals surface area contributed by atoms with Gasteiger partial charge in [-0.25, -0.2) is 0 Å². The number of aromatic nitrogens is 1. The average Bonchev–Trinajstić information content (AvgIpc) is 2.92. The van der Waals surface area contributed by atoms with Crippen molar-refractivity contribution in [1.82, 2.24) is 4.57 Å². The van der Waals surface area contributed by atoms with Crippen LogP contribution in [-0.2, 0) is 11.3 Å². The van der Waals surface area contributed by atoms with Gasteiger partial charge in [0, 0.05) is 22.4 Å². The molecule has 0 aliphatic rings.